The first-order valence-corrected chi connectivity index (χ1v) is 12.2. The van der Waals surface area contributed by atoms with E-state index in [4.69, 9.17) is 10.8 Å². The number of carbonyl (C=O) groups is 3. The van der Waals surface area contributed by atoms with Crippen molar-refractivity contribution in [3.63, 3.8) is 0 Å². The fraction of sp³-hybridized carbons (Fsp3) is 0.194. The summed E-state index contributed by atoms with van der Waals surface area (Å²) in [6, 6.07) is 22.9. The zero-order valence-corrected chi connectivity index (χ0v) is 20.9. The van der Waals surface area contributed by atoms with Crippen molar-refractivity contribution in [2.24, 2.45) is 5.73 Å². The highest BCUT2D eigenvalue weighted by Gasteiger charge is 2.18. The molecule has 192 valence electrons. The number of aliphatic hydroxyl groups is 1. The summed E-state index contributed by atoms with van der Waals surface area (Å²) in [4.78, 5) is 36.0. The second-order valence-electron chi connectivity index (χ2n) is 8.43. The molecule has 0 fully saturated rings. The molecule has 0 radical (unpaired) electrons. The van der Waals surface area contributed by atoms with Gasteiger partial charge in [0.2, 0.25) is 5.91 Å². The van der Waals surface area contributed by atoms with Crippen molar-refractivity contribution in [1.29, 1.82) is 0 Å². The van der Waals surface area contributed by atoms with Crippen LogP contribution in [0.15, 0.2) is 78.9 Å². The van der Waals surface area contributed by atoms with E-state index in [0.717, 1.165) is 18.4 Å². The van der Waals surface area contributed by atoms with E-state index in [1.807, 2.05) is 30.3 Å². The number of amides is 2. The number of ketones is 1. The normalized spacial score (nSPS) is 10.7. The minimum absolute atomic E-state index is 0.0213. The highest BCUT2D eigenvalue weighted by molar-refractivity contribution is 5.98. The van der Waals surface area contributed by atoms with E-state index in [1.54, 1.807) is 36.4 Å². The lowest BCUT2D eigenvalue weighted by Crippen LogP contribution is -2.46. The van der Waals surface area contributed by atoms with Gasteiger partial charge in [0.05, 0.1) is 0 Å². The van der Waals surface area contributed by atoms with Gasteiger partial charge in [-0.05, 0) is 78.8 Å². The van der Waals surface area contributed by atoms with E-state index >= 15 is 0 Å². The molecule has 38 heavy (non-hydrogen) atoms. The Morgan fingerprint density at radius 2 is 1.45 bits per heavy atom. The van der Waals surface area contributed by atoms with E-state index in [-0.39, 0.29) is 12.5 Å². The standard InChI is InChI=1S/C31H29N3O4/c32-21-28(29(36)22-35)34-31(38)26-17-13-24(14-18-26)9-4-5-10-25-15-19-27(20-16-25)33-30(37)12-6-11-23-7-2-1-3-8-23/h1-3,7-8,13-20,28,35H,6,11-12,21-22,32H2,(H,33,37)(H,34,38)/t28-/m0/s1. The van der Waals surface area contributed by atoms with Gasteiger partial charge in [0.1, 0.15) is 12.6 Å². The Morgan fingerprint density at radius 3 is 2.03 bits per heavy atom. The Labute approximate surface area is 222 Å². The van der Waals surface area contributed by atoms with Crippen LogP contribution < -0.4 is 16.4 Å². The lowest BCUT2D eigenvalue weighted by atomic mass is 10.1. The number of hydrogen-bond donors (Lipinski definition) is 4. The highest BCUT2D eigenvalue weighted by atomic mass is 16.3. The third kappa shape index (κ3) is 9.07. The van der Waals surface area contributed by atoms with Gasteiger partial charge in [0.25, 0.3) is 5.91 Å². The first-order valence-electron chi connectivity index (χ1n) is 12.2. The quantitative estimate of drug-likeness (QED) is 0.315. The molecule has 0 bridgehead atoms. The van der Waals surface area contributed by atoms with Crippen molar-refractivity contribution in [2.75, 3.05) is 18.5 Å². The van der Waals surface area contributed by atoms with Gasteiger partial charge < -0.3 is 21.5 Å². The first-order chi connectivity index (χ1) is 18.5. The van der Waals surface area contributed by atoms with Crippen molar-refractivity contribution in [3.8, 4) is 23.7 Å². The monoisotopic (exact) mass is 507 g/mol. The van der Waals surface area contributed by atoms with Crippen molar-refractivity contribution in [1.82, 2.24) is 5.32 Å². The molecule has 0 unspecified atom stereocenters. The van der Waals surface area contributed by atoms with Crippen LogP contribution in [0.25, 0.3) is 0 Å². The van der Waals surface area contributed by atoms with Crippen molar-refractivity contribution < 1.29 is 19.5 Å². The summed E-state index contributed by atoms with van der Waals surface area (Å²) in [5.74, 6) is 10.4. The van der Waals surface area contributed by atoms with Crippen LogP contribution in [0.3, 0.4) is 0 Å². The minimum Gasteiger partial charge on any atom is -0.388 e. The minimum atomic E-state index is -0.933. The van der Waals surface area contributed by atoms with Gasteiger partial charge in [-0.15, -0.1) is 0 Å². The Kier molecular flexibility index (Phi) is 10.8. The number of aryl methyl sites for hydroxylation is 1. The van der Waals surface area contributed by atoms with Crippen molar-refractivity contribution >= 4 is 23.3 Å². The molecule has 0 saturated heterocycles. The molecule has 3 aromatic rings. The van der Waals surface area contributed by atoms with Gasteiger partial charge in [-0.3, -0.25) is 14.4 Å². The van der Waals surface area contributed by atoms with E-state index in [9.17, 15) is 14.4 Å². The Balaban J connectivity index is 1.47. The number of rotatable bonds is 10. The first kappa shape index (κ1) is 27.9. The average Bonchev–Trinajstić information content (AvgIpc) is 2.95. The van der Waals surface area contributed by atoms with Crippen molar-refractivity contribution in [2.45, 2.75) is 25.3 Å². The zero-order valence-electron chi connectivity index (χ0n) is 20.9. The lowest BCUT2D eigenvalue weighted by molar-refractivity contribution is -0.123. The molecule has 0 aliphatic rings. The van der Waals surface area contributed by atoms with Gasteiger partial charge in [-0.25, -0.2) is 0 Å². The number of anilines is 1. The molecule has 0 spiro atoms. The number of nitrogens with two attached hydrogens (primary N) is 1. The van der Waals surface area contributed by atoms with Crippen LogP contribution in [0.1, 0.15) is 39.9 Å². The number of benzene rings is 3. The third-order valence-electron chi connectivity index (χ3n) is 5.59. The number of carbonyl (C=O) groups excluding carboxylic acids is 3. The van der Waals surface area contributed by atoms with E-state index in [1.165, 1.54) is 5.56 Å². The van der Waals surface area contributed by atoms with Crippen LogP contribution in [0, 0.1) is 23.7 Å². The van der Waals surface area contributed by atoms with E-state index < -0.39 is 24.3 Å². The molecule has 0 aromatic heterocycles. The molecule has 3 aromatic carbocycles. The molecule has 0 aliphatic heterocycles. The topological polar surface area (TPSA) is 122 Å². The zero-order chi connectivity index (χ0) is 27.2. The van der Waals surface area contributed by atoms with Gasteiger partial charge in [-0.2, -0.15) is 0 Å². The molecule has 2 amide bonds. The number of hydrogen-bond acceptors (Lipinski definition) is 5. The predicted octanol–water partition coefficient (Wildman–Crippen LogP) is 2.67. The van der Waals surface area contributed by atoms with Crippen LogP contribution in [0.4, 0.5) is 5.69 Å². The molecule has 1 atom stereocenters. The summed E-state index contributed by atoms with van der Waals surface area (Å²) in [6.45, 7) is -0.784. The number of Topliss-reactive ketones (excluding diaryl/α,β-unsaturated/α-hetero) is 1. The molecule has 5 N–H and O–H groups in total. The van der Waals surface area contributed by atoms with Crippen LogP contribution in [-0.4, -0.2) is 41.9 Å². The van der Waals surface area contributed by atoms with Crippen LogP contribution in [0.5, 0.6) is 0 Å². The summed E-state index contributed by atoms with van der Waals surface area (Å²) in [7, 11) is 0. The van der Waals surface area contributed by atoms with Gasteiger partial charge in [-0.1, -0.05) is 42.2 Å². The third-order valence-corrected chi connectivity index (χ3v) is 5.59. The van der Waals surface area contributed by atoms with E-state index in [2.05, 4.69) is 46.4 Å². The highest BCUT2D eigenvalue weighted by Crippen LogP contribution is 2.11. The smallest absolute Gasteiger partial charge is 0.251 e. The largest absolute Gasteiger partial charge is 0.388 e. The number of aliphatic hydroxyl groups excluding tert-OH is 1. The fourth-order valence-electron chi connectivity index (χ4n) is 3.49. The van der Waals surface area contributed by atoms with Gasteiger partial charge >= 0.3 is 0 Å². The Bertz CT molecular complexity index is 1360. The van der Waals surface area contributed by atoms with Crippen LogP contribution in [0.2, 0.25) is 0 Å². The maximum atomic E-state index is 12.3. The summed E-state index contributed by atoms with van der Waals surface area (Å²) in [5, 5.41) is 14.3. The van der Waals surface area contributed by atoms with Crippen molar-refractivity contribution in [3.05, 3.63) is 101 Å². The summed E-state index contributed by atoms with van der Waals surface area (Å²) in [5.41, 5.74) is 9.19. The Hall–Kier alpha value is -4.69. The van der Waals surface area contributed by atoms with Crippen LogP contribution >= 0.6 is 0 Å². The molecule has 0 heterocycles. The second kappa shape index (κ2) is 14.8. The average molecular weight is 508 g/mol. The molecule has 0 aliphatic carbocycles. The predicted molar refractivity (Wildman–Crippen MR) is 147 cm³/mol. The summed E-state index contributed by atoms with van der Waals surface area (Å²) >= 11 is 0. The fourth-order valence-corrected chi connectivity index (χ4v) is 3.49. The maximum Gasteiger partial charge on any atom is 0.251 e. The van der Waals surface area contributed by atoms with Gasteiger partial charge in [0, 0.05) is 35.3 Å². The summed E-state index contributed by atoms with van der Waals surface area (Å²) in [6.07, 6.45) is 2.11. The summed E-state index contributed by atoms with van der Waals surface area (Å²) < 4.78 is 0. The second-order valence-corrected chi connectivity index (χ2v) is 8.43. The molecule has 7 nitrogen and oxygen atoms in total. The van der Waals surface area contributed by atoms with E-state index in [0.29, 0.717) is 23.2 Å². The molecular weight excluding hydrogens is 478 g/mol. The molecule has 3 rings (SSSR count). The van der Waals surface area contributed by atoms with Gasteiger partial charge in [0.15, 0.2) is 5.78 Å². The SMILES string of the molecule is NC[C@H](NC(=O)c1ccc(C#CC#Cc2ccc(NC(=O)CCCc3ccccc3)cc2)cc1)C(=O)CO. The Morgan fingerprint density at radius 1 is 0.842 bits per heavy atom. The molecule has 7 heteroatoms. The lowest BCUT2D eigenvalue weighted by Gasteiger charge is -2.14. The van der Waals surface area contributed by atoms with Crippen LogP contribution in [-0.2, 0) is 16.0 Å². The number of nitrogens with one attached hydrogen (secondary N) is 2. The molecule has 0 saturated carbocycles. The maximum absolute atomic E-state index is 12.3. The molecular formula is C31H29N3O4.